The van der Waals surface area contributed by atoms with E-state index in [1.807, 2.05) is 24.3 Å². The zero-order valence-corrected chi connectivity index (χ0v) is 15.8. The van der Waals surface area contributed by atoms with E-state index in [9.17, 15) is 20.4 Å². The first-order valence-corrected chi connectivity index (χ1v) is 9.60. The molecule has 2 saturated heterocycles. The smallest absolute Gasteiger partial charge is 0.258 e. The highest BCUT2D eigenvalue weighted by atomic mass is 16.6. The van der Waals surface area contributed by atoms with Crippen LogP contribution in [0, 0.1) is 0 Å². The van der Waals surface area contributed by atoms with Gasteiger partial charge in [0.15, 0.2) is 6.10 Å². The lowest BCUT2D eigenvalue weighted by Crippen LogP contribution is -2.55. The largest absolute Gasteiger partial charge is 0.394 e. The van der Waals surface area contributed by atoms with E-state index in [1.165, 1.54) is 0 Å². The fraction of sp³-hybridized carbons (Fsp3) is 0.579. The molecule has 2 aliphatic heterocycles. The molecule has 4 N–H and O–H groups in total. The average molecular weight is 407 g/mol. The Morgan fingerprint density at radius 2 is 1.72 bits per heavy atom. The van der Waals surface area contributed by atoms with E-state index < -0.39 is 37.1 Å². The number of nitrogens with zero attached hydrogens (tertiary/aromatic N) is 3. The van der Waals surface area contributed by atoms with Gasteiger partial charge in [-0.05, 0) is 5.56 Å². The SMILES string of the molecule is OC[C@H]1O[C@@H](c2nc(-c3ccc(CN4CCOCC4)cc3)no2)[C@H](O)[C@@H](O)[C@H]1O. The van der Waals surface area contributed by atoms with Crippen molar-refractivity contribution in [2.45, 2.75) is 37.1 Å². The van der Waals surface area contributed by atoms with E-state index in [0.717, 1.165) is 44.0 Å². The number of aliphatic hydroxyl groups is 4. The van der Waals surface area contributed by atoms with Gasteiger partial charge in [0.05, 0.1) is 19.8 Å². The number of hydrogen-bond donors (Lipinski definition) is 4. The Bertz CT molecular complexity index is 791. The molecule has 2 aromatic rings. The maximum atomic E-state index is 10.2. The van der Waals surface area contributed by atoms with Gasteiger partial charge in [-0.25, -0.2) is 0 Å². The molecule has 2 aliphatic rings. The molecule has 1 aromatic carbocycles. The van der Waals surface area contributed by atoms with Crippen molar-refractivity contribution in [3.05, 3.63) is 35.7 Å². The third kappa shape index (κ3) is 4.33. The van der Waals surface area contributed by atoms with E-state index in [0.29, 0.717) is 5.82 Å². The van der Waals surface area contributed by atoms with Crippen LogP contribution in [0.15, 0.2) is 28.8 Å². The number of hydrogen-bond acceptors (Lipinski definition) is 10. The Labute approximate surface area is 167 Å². The number of morpholine rings is 1. The fourth-order valence-corrected chi connectivity index (χ4v) is 3.55. The Balaban J connectivity index is 1.45. The second-order valence-electron chi connectivity index (χ2n) is 7.29. The molecule has 10 heteroatoms. The van der Waals surface area contributed by atoms with Crippen LogP contribution in [0.4, 0.5) is 0 Å². The van der Waals surface area contributed by atoms with Gasteiger partial charge >= 0.3 is 0 Å². The number of aromatic nitrogens is 2. The first-order valence-electron chi connectivity index (χ1n) is 9.60. The van der Waals surface area contributed by atoms with Crippen LogP contribution in [0.5, 0.6) is 0 Å². The maximum absolute atomic E-state index is 10.2. The number of ether oxygens (including phenoxy) is 2. The van der Waals surface area contributed by atoms with Crippen LogP contribution in [0.25, 0.3) is 11.4 Å². The summed E-state index contributed by atoms with van der Waals surface area (Å²) in [6, 6.07) is 7.76. The molecule has 158 valence electrons. The van der Waals surface area contributed by atoms with E-state index in [-0.39, 0.29) is 5.89 Å². The van der Waals surface area contributed by atoms with Crippen molar-refractivity contribution in [3.8, 4) is 11.4 Å². The molecular weight excluding hydrogens is 382 g/mol. The summed E-state index contributed by atoms with van der Waals surface area (Å²) < 4.78 is 16.0. The summed E-state index contributed by atoms with van der Waals surface area (Å²) in [5, 5.41) is 43.2. The molecule has 0 radical (unpaired) electrons. The molecule has 0 spiro atoms. The van der Waals surface area contributed by atoms with Gasteiger partial charge in [-0.15, -0.1) is 0 Å². The van der Waals surface area contributed by atoms with Crippen molar-refractivity contribution < 1.29 is 34.4 Å². The summed E-state index contributed by atoms with van der Waals surface area (Å²) in [6.45, 7) is 3.65. The second-order valence-corrected chi connectivity index (χ2v) is 7.29. The van der Waals surface area contributed by atoms with Crippen LogP contribution < -0.4 is 0 Å². The monoisotopic (exact) mass is 407 g/mol. The summed E-state index contributed by atoms with van der Waals surface area (Å²) in [6.07, 6.45) is -6.58. The van der Waals surface area contributed by atoms with Crippen molar-refractivity contribution >= 4 is 0 Å². The van der Waals surface area contributed by atoms with Crippen molar-refractivity contribution in [2.75, 3.05) is 32.9 Å². The Kier molecular flexibility index (Phi) is 6.20. The molecule has 5 atom stereocenters. The number of benzene rings is 1. The fourth-order valence-electron chi connectivity index (χ4n) is 3.55. The van der Waals surface area contributed by atoms with Crippen LogP contribution in [-0.4, -0.2) is 92.8 Å². The Morgan fingerprint density at radius 3 is 2.41 bits per heavy atom. The highest BCUT2D eigenvalue weighted by molar-refractivity contribution is 5.54. The second kappa shape index (κ2) is 8.84. The first-order chi connectivity index (χ1) is 14.1. The zero-order chi connectivity index (χ0) is 20.4. The topological polar surface area (TPSA) is 142 Å². The third-order valence-electron chi connectivity index (χ3n) is 5.30. The van der Waals surface area contributed by atoms with Gasteiger partial charge in [-0.3, -0.25) is 4.90 Å². The Morgan fingerprint density at radius 1 is 1.00 bits per heavy atom. The van der Waals surface area contributed by atoms with Crippen molar-refractivity contribution in [1.82, 2.24) is 15.0 Å². The summed E-state index contributed by atoms with van der Waals surface area (Å²) >= 11 is 0. The molecule has 2 fully saturated rings. The van der Waals surface area contributed by atoms with Crippen molar-refractivity contribution in [1.29, 1.82) is 0 Å². The van der Waals surface area contributed by atoms with Gasteiger partial charge in [0.1, 0.15) is 24.4 Å². The predicted molar refractivity (Wildman–Crippen MR) is 98.6 cm³/mol. The molecule has 4 rings (SSSR count). The maximum Gasteiger partial charge on any atom is 0.258 e. The molecule has 0 aliphatic carbocycles. The first kappa shape index (κ1) is 20.4. The highest BCUT2D eigenvalue weighted by Crippen LogP contribution is 2.32. The minimum Gasteiger partial charge on any atom is -0.394 e. The van der Waals surface area contributed by atoms with Gasteiger partial charge in [0.2, 0.25) is 5.82 Å². The van der Waals surface area contributed by atoms with Gasteiger partial charge < -0.3 is 34.4 Å². The van der Waals surface area contributed by atoms with E-state index in [2.05, 4.69) is 15.0 Å². The van der Waals surface area contributed by atoms with Gasteiger partial charge in [0, 0.05) is 25.2 Å². The molecule has 0 bridgehead atoms. The van der Waals surface area contributed by atoms with Crippen LogP contribution in [0.1, 0.15) is 17.6 Å². The highest BCUT2D eigenvalue weighted by Gasteiger charge is 2.46. The Hall–Kier alpha value is -1.92. The van der Waals surface area contributed by atoms with Gasteiger partial charge in [0.25, 0.3) is 5.89 Å². The zero-order valence-electron chi connectivity index (χ0n) is 15.8. The van der Waals surface area contributed by atoms with E-state index >= 15 is 0 Å². The summed E-state index contributed by atoms with van der Waals surface area (Å²) in [4.78, 5) is 6.59. The lowest BCUT2D eigenvalue weighted by atomic mass is 9.95. The lowest BCUT2D eigenvalue weighted by molar-refractivity contribution is -0.237. The molecule has 0 saturated carbocycles. The van der Waals surface area contributed by atoms with Crippen LogP contribution in [0.3, 0.4) is 0 Å². The standard InChI is InChI=1S/C19H25N3O7/c23-10-13-14(24)15(25)16(26)17(28-13)19-20-18(21-29-19)12-3-1-11(2-4-12)9-22-5-7-27-8-6-22/h1-4,13-17,23-26H,5-10H2/t13-,14+,15+,16-,17-/m1/s1. The normalized spacial score (nSPS) is 31.1. The molecule has 29 heavy (non-hydrogen) atoms. The minimum atomic E-state index is -1.50. The number of aliphatic hydroxyl groups excluding tert-OH is 4. The molecule has 1 aromatic heterocycles. The van der Waals surface area contributed by atoms with Crippen molar-refractivity contribution in [3.63, 3.8) is 0 Å². The molecule has 3 heterocycles. The predicted octanol–water partition coefficient (Wildman–Crippen LogP) is -0.916. The molecular formula is C19H25N3O7. The van der Waals surface area contributed by atoms with Gasteiger partial charge in [-0.1, -0.05) is 29.4 Å². The third-order valence-corrected chi connectivity index (χ3v) is 5.30. The molecule has 0 amide bonds. The average Bonchev–Trinajstić information content (AvgIpc) is 3.23. The van der Waals surface area contributed by atoms with Crippen LogP contribution in [-0.2, 0) is 16.0 Å². The van der Waals surface area contributed by atoms with E-state index in [1.54, 1.807) is 0 Å². The summed E-state index contributed by atoms with van der Waals surface area (Å²) in [7, 11) is 0. The molecule has 10 nitrogen and oxygen atoms in total. The minimum absolute atomic E-state index is 0.0331. The van der Waals surface area contributed by atoms with Crippen LogP contribution >= 0.6 is 0 Å². The summed E-state index contributed by atoms with van der Waals surface area (Å²) in [5.41, 5.74) is 1.89. The molecule has 0 unspecified atom stereocenters. The van der Waals surface area contributed by atoms with Crippen LogP contribution in [0.2, 0.25) is 0 Å². The van der Waals surface area contributed by atoms with Crippen molar-refractivity contribution in [2.24, 2.45) is 0 Å². The summed E-state index contributed by atoms with van der Waals surface area (Å²) in [5.74, 6) is 0.282. The lowest BCUT2D eigenvalue weighted by Gasteiger charge is -2.38. The quantitative estimate of drug-likeness (QED) is 0.492. The number of rotatable bonds is 5. The van der Waals surface area contributed by atoms with E-state index in [4.69, 9.17) is 14.0 Å². The van der Waals surface area contributed by atoms with Gasteiger partial charge in [-0.2, -0.15) is 4.98 Å².